The fourth-order valence-electron chi connectivity index (χ4n) is 9.62. The van der Waals surface area contributed by atoms with Crippen LogP contribution in [0.5, 0.6) is 0 Å². The normalized spacial score (nSPS) is 12.9. The molecule has 0 aliphatic rings. The molecular formula is C76H128O6. The number of rotatable bonds is 62. The number of esters is 3. The molecule has 1 unspecified atom stereocenters. The van der Waals surface area contributed by atoms with Crippen molar-refractivity contribution in [2.45, 2.75) is 329 Å². The molecule has 0 aromatic heterocycles. The Hall–Kier alpha value is -4.19. The third-order valence-corrected chi connectivity index (χ3v) is 14.7. The van der Waals surface area contributed by atoms with E-state index in [1.54, 1.807) is 0 Å². The van der Waals surface area contributed by atoms with E-state index in [0.29, 0.717) is 25.7 Å². The first-order valence-electron chi connectivity index (χ1n) is 34.5. The van der Waals surface area contributed by atoms with Crippen molar-refractivity contribution in [1.29, 1.82) is 0 Å². The van der Waals surface area contributed by atoms with Gasteiger partial charge in [0.15, 0.2) is 6.10 Å². The Labute approximate surface area is 507 Å². The summed E-state index contributed by atoms with van der Waals surface area (Å²) in [6.45, 7) is 6.37. The van der Waals surface area contributed by atoms with Gasteiger partial charge in [0.05, 0.1) is 0 Å². The quantitative estimate of drug-likeness (QED) is 0.0261. The summed E-state index contributed by atoms with van der Waals surface area (Å²) < 4.78 is 16.9. The molecule has 1 atom stereocenters. The summed E-state index contributed by atoms with van der Waals surface area (Å²) in [5, 5.41) is 0. The highest BCUT2D eigenvalue weighted by molar-refractivity contribution is 5.71. The highest BCUT2D eigenvalue weighted by Crippen LogP contribution is 2.17. The maximum absolute atomic E-state index is 12.9. The van der Waals surface area contributed by atoms with Crippen molar-refractivity contribution in [2.24, 2.45) is 0 Å². The maximum Gasteiger partial charge on any atom is 0.306 e. The molecule has 0 aromatic rings. The summed E-state index contributed by atoms with van der Waals surface area (Å²) in [5.74, 6) is -0.988. The van der Waals surface area contributed by atoms with Crippen molar-refractivity contribution in [2.75, 3.05) is 13.2 Å². The first-order valence-corrected chi connectivity index (χ1v) is 34.5. The van der Waals surface area contributed by atoms with Crippen molar-refractivity contribution in [3.05, 3.63) is 122 Å². The van der Waals surface area contributed by atoms with Gasteiger partial charge in [0.25, 0.3) is 0 Å². The van der Waals surface area contributed by atoms with E-state index in [2.05, 4.69) is 142 Å². The van der Waals surface area contributed by atoms with Crippen molar-refractivity contribution in [3.63, 3.8) is 0 Å². The van der Waals surface area contributed by atoms with Gasteiger partial charge in [0.2, 0.25) is 0 Å². The molecule has 0 N–H and O–H groups in total. The number of ether oxygens (including phenoxy) is 3. The van der Waals surface area contributed by atoms with Gasteiger partial charge in [-0.25, -0.2) is 0 Å². The standard InChI is InChI=1S/C76H128O6/c1-4-7-10-13-16-19-22-25-28-30-32-34-35-36-37-38-39-40-42-43-45-48-51-54-57-60-63-66-69-75(78)81-72-73(71-80-74(77)68-65-62-59-56-53-50-47-27-24-21-18-15-12-9-6-3)82-76(79)70-67-64-61-58-55-52-49-46-44-41-33-31-29-26-23-20-17-14-11-8-5-2/h8-9,11-12,17-18,20-21,26-27,29,33,41,46-47,49,53,55-56,58,73H,4-7,10,13-16,19,22-25,28,30-32,34-40,42-45,48,50-52,54,57,59-72H2,1-3H3/b11-8-,12-9-,20-17-,21-18-,29-26-,41-33-,47-27-,49-46-,56-53-,58-55-. The van der Waals surface area contributed by atoms with Crippen LogP contribution < -0.4 is 0 Å². The molecule has 0 bridgehead atoms. The lowest BCUT2D eigenvalue weighted by molar-refractivity contribution is -0.167. The summed E-state index contributed by atoms with van der Waals surface area (Å²) in [5.41, 5.74) is 0. The van der Waals surface area contributed by atoms with Crippen molar-refractivity contribution in [3.8, 4) is 0 Å². The Morgan fingerprint density at radius 2 is 0.476 bits per heavy atom. The number of hydrogen-bond donors (Lipinski definition) is 0. The summed E-state index contributed by atoms with van der Waals surface area (Å²) in [7, 11) is 0. The lowest BCUT2D eigenvalue weighted by atomic mass is 10.0. The van der Waals surface area contributed by atoms with E-state index in [1.165, 1.54) is 161 Å². The molecule has 0 saturated heterocycles. The third-order valence-electron chi connectivity index (χ3n) is 14.7. The van der Waals surface area contributed by atoms with Gasteiger partial charge in [-0.2, -0.15) is 0 Å². The minimum Gasteiger partial charge on any atom is -0.462 e. The monoisotopic (exact) mass is 1140 g/mol. The minimum atomic E-state index is -0.822. The molecule has 0 radical (unpaired) electrons. The fourth-order valence-corrected chi connectivity index (χ4v) is 9.62. The van der Waals surface area contributed by atoms with Gasteiger partial charge < -0.3 is 14.2 Å². The highest BCUT2D eigenvalue weighted by Gasteiger charge is 2.19. The maximum atomic E-state index is 12.9. The minimum absolute atomic E-state index is 0.109. The smallest absolute Gasteiger partial charge is 0.306 e. The third kappa shape index (κ3) is 66.6. The molecule has 0 amide bonds. The van der Waals surface area contributed by atoms with Crippen LogP contribution in [0.15, 0.2) is 122 Å². The first-order chi connectivity index (χ1) is 40.5. The molecule has 0 fully saturated rings. The van der Waals surface area contributed by atoms with Crippen molar-refractivity contribution < 1.29 is 28.6 Å². The van der Waals surface area contributed by atoms with Gasteiger partial charge in [0.1, 0.15) is 13.2 Å². The first kappa shape index (κ1) is 77.8. The predicted molar refractivity (Wildman–Crippen MR) is 357 cm³/mol. The van der Waals surface area contributed by atoms with Crippen LogP contribution in [0.4, 0.5) is 0 Å². The molecule has 0 spiro atoms. The SMILES string of the molecule is CC/C=C\C/C=C\C/C=C\C/C=C\C/C=C\C/C=C\CCCCC(=O)OC(COC(=O)CCCC/C=C\C/C=C\C/C=C\C/C=C\CC)COC(=O)CCCCCCCCCCCCCCCCCCCCCCCCCCCCCC. The molecule has 6 heteroatoms. The summed E-state index contributed by atoms with van der Waals surface area (Å²) >= 11 is 0. The number of carbonyl (C=O) groups excluding carboxylic acids is 3. The van der Waals surface area contributed by atoms with Crippen LogP contribution in [0.25, 0.3) is 0 Å². The van der Waals surface area contributed by atoms with E-state index in [9.17, 15) is 14.4 Å². The van der Waals surface area contributed by atoms with Crippen LogP contribution in [0.2, 0.25) is 0 Å². The zero-order valence-electron chi connectivity index (χ0n) is 53.7. The Kier molecular flexibility index (Phi) is 65.8. The molecule has 0 rings (SSSR count). The van der Waals surface area contributed by atoms with Crippen LogP contribution in [0, 0.1) is 0 Å². The van der Waals surface area contributed by atoms with E-state index in [0.717, 1.165) is 109 Å². The van der Waals surface area contributed by atoms with Crippen LogP contribution in [-0.2, 0) is 28.6 Å². The largest absolute Gasteiger partial charge is 0.462 e. The Bertz CT molecular complexity index is 1690. The van der Waals surface area contributed by atoms with E-state index in [4.69, 9.17) is 14.2 Å². The van der Waals surface area contributed by atoms with Gasteiger partial charge in [-0.05, 0) is 109 Å². The second-order valence-corrected chi connectivity index (χ2v) is 22.7. The molecule has 0 aliphatic carbocycles. The second kappa shape index (κ2) is 69.3. The van der Waals surface area contributed by atoms with Gasteiger partial charge in [-0.15, -0.1) is 0 Å². The Morgan fingerprint density at radius 1 is 0.256 bits per heavy atom. The van der Waals surface area contributed by atoms with E-state index >= 15 is 0 Å². The number of carbonyl (C=O) groups is 3. The zero-order valence-corrected chi connectivity index (χ0v) is 53.7. The van der Waals surface area contributed by atoms with Crippen LogP contribution in [0.1, 0.15) is 323 Å². The highest BCUT2D eigenvalue weighted by atomic mass is 16.6. The molecule has 6 nitrogen and oxygen atoms in total. The summed E-state index contributed by atoms with van der Waals surface area (Å²) in [4.78, 5) is 38.4. The van der Waals surface area contributed by atoms with Gasteiger partial charge in [-0.3, -0.25) is 14.4 Å². The molecule has 0 saturated carbocycles. The van der Waals surface area contributed by atoms with E-state index < -0.39 is 6.10 Å². The molecule has 82 heavy (non-hydrogen) atoms. The number of unbranched alkanes of at least 4 members (excludes halogenated alkanes) is 31. The van der Waals surface area contributed by atoms with Crippen molar-refractivity contribution in [1.82, 2.24) is 0 Å². The Balaban J connectivity index is 4.37. The fraction of sp³-hybridized carbons (Fsp3) is 0.697. The summed E-state index contributed by atoms with van der Waals surface area (Å²) in [6.07, 6.45) is 96.7. The lowest BCUT2D eigenvalue weighted by Crippen LogP contribution is -2.30. The van der Waals surface area contributed by atoms with Crippen LogP contribution in [-0.4, -0.2) is 37.2 Å². The predicted octanol–water partition coefficient (Wildman–Crippen LogP) is 23.9. The molecule has 0 heterocycles. The van der Waals surface area contributed by atoms with Crippen LogP contribution >= 0.6 is 0 Å². The molecule has 0 aromatic carbocycles. The topological polar surface area (TPSA) is 78.9 Å². The van der Waals surface area contributed by atoms with E-state index in [1.807, 2.05) is 0 Å². The average molecular weight is 1140 g/mol. The van der Waals surface area contributed by atoms with Crippen LogP contribution in [0.3, 0.4) is 0 Å². The van der Waals surface area contributed by atoms with E-state index in [-0.39, 0.29) is 37.5 Å². The number of hydrogen-bond acceptors (Lipinski definition) is 6. The average Bonchev–Trinajstić information content (AvgIpc) is 3.47. The van der Waals surface area contributed by atoms with Gasteiger partial charge >= 0.3 is 17.9 Å². The van der Waals surface area contributed by atoms with Gasteiger partial charge in [-0.1, -0.05) is 316 Å². The molecule has 468 valence electrons. The molecular weight excluding hydrogens is 1010 g/mol. The van der Waals surface area contributed by atoms with Crippen molar-refractivity contribution >= 4 is 17.9 Å². The molecule has 0 aliphatic heterocycles. The number of allylic oxidation sites excluding steroid dienone is 20. The lowest BCUT2D eigenvalue weighted by Gasteiger charge is -2.18. The second-order valence-electron chi connectivity index (χ2n) is 22.7. The van der Waals surface area contributed by atoms with Gasteiger partial charge in [0, 0.05) is 19.3 Å². The zero-order chi connectivity index (χ0) is 59.2. The summed E-state index contributed by atoms with van der Waals surface area (Å²) in [6, 6.07) is 0. The Morgan fingerprint density at radius 3 is 0.744 bits per heavy atom.